The lowest BCUT2D eigenvalue weighted by atomic mass is 9.36. The van der Waals surface area contributed by atoms with E-state index in [1.54, 1.807) is 0 Å². The minimum Gasteiger partial charge on any atom is -0.309 e. The van der Waals surface area contributed by atoms with Crippen LogP contribution in [0.15, 0.2) is 152 Å². The summed E-state index contributed by atoms with van der Waals surface area (Å²) in [7, 11) is 0. The molecule has 2 aromatic heterocycles. The first-order valence-electron chi connectivity index (χ1n) is 21.5. The summed E-state index contributed by atoms with van der Waals surface area (Å²) in [5.74, 6) is 0. The molecule has 0 unspecified atom stereocenters. The number of nitrogens with zero attached hydrogens (tertiary/aromatic N) is 2. The van der Waals surface area contributed by atoms with Crippen molar-refractivity contribution in [1.82, 2.24) is 0 Å². The average molecular weight is 793 g/mol. The van der Waals surface area contributed by atoms with Gasteiger partial charge in [-0.05, 0) is 125 Å². The predicted molar refractivity (Wildman–Crippen MR) is 255 cm³/mol. The maximum absolute atomic E-state index is 2.76. The molecule has 0 saturated heterocycles. The van der Waals surface area contributed by atoms with E-state index in [0.717, 1.165) is 25.7 Å². The zero-order chi connectivity index (χ0) is 38.6. The average Bonchev–Trinajstić information content (AvgIpc) is 3.88. The molecule has 0 N–H and O–H groups in total. The predicted octanol–water partition coefficient (Wildman–Crippen LogP) is 13.3. The zero-order valence-corrected chi connectivity index (χ0v) is 34.5. The van der Waals surface area contributed by atoms with E-state index in [2.05, 4.69) is 161 Å². The van der Waals surface area contributed by atoms with E-state index in [4.69, 9.17) is 0 Å². The van der Waals surface area contributed by atoms with E-state index in [1.807, 2.05) is 22.7 Å². The third-order valence-electron chi connectivity index (χ3n) is 13.6. The van der Waals surface area contributed by atoms with Crippen LogP contribution in [0.5, 0.6) is 0 Å². The first-order valence-corrected chi connectivity index (χ1v) is 23.1. The minimum atomic E-state index is 0.103. The van der Waals surface area contributed by atoms with E-state index in [0.29, 0.717) is 0 Å². The van der Waals surface area contributed by atoms with Crippen LogP contribution in [0.1, 0.15) is 47.9 Å². The summed E-state index contributed by atoms with van der Waals surface area (Å²) in [4.78, 5) is 5.50. The molecule has 9 aromatic rings. The maximum Gasteiger partial charge on any atom is 0.266 e. The molecular weight excluding hydrogens is 752 g/mol. The van der Waals surface area contributed by atoms with Crippen LogP contribution in [0.2, 0.25) is 0 Å². The van der Waals surface area contributed by atoms with Crippen molar-refractivity contribution < 1.29 is 0 Å². The lowest BCUT2D eigenvalue weighted by Crippen LogP contribution is -2.60. The number of benzene rings is 7. The monoisotopic (exact) mass is 792 g/mol. The van der Waals surface area contributed by atoms with Crippen LogP contribution in [0, 0.1) is 0 Å². The highest BCUT2D eigenvalue weighted by Gasteiger charge is 2.48. The number of fused-ring (bicyclic) bond motifs is 10. The van der Waals surface area contributed by atoms with Crippen molar-refractivity contribution in [3.63, 3.8) is 0 Å². The van der Waals surface area contributed by atoms with Gasteiger partial charge >= 0.3 is 0 Å². The van der Waals surface area contributed by atoms with Gasteiger partial charge in [0.1, 0.15) is 0 Å². The maximum atomic E-state index is 2.76. The van der Waals surface area contributed by atoms with Gasteiger partial charge in [0, 0.05) is 42.1 Å². The Balaban J connectivity index is 1.18. The highest BCUT2D eigenvalue weighted by atomic mass is 32.1. The first-order chi connectivity index (χ1) is 29.3. The Kier molecular flexibility index (Phi) is 7.68. The highest BCUT2D eigenvalue weighted by Crippen LogP contribution is 2.55. The summed E-state index contributed by atoms with van der Waals surface area (Å²) in [6, 6.07) is 57.8. The number of anilines is 6. The van der Waals surface area contributed by atoms with E-state index in [1.165, 1.54) is 140 Å². The molecule has 0 radical (unpaired) electrons. The fraction of sp³-hybridized carbons (Fsp3) is 0.148. The summed E-state index contributed by atoms with van der Waals surface area (Å²) in [6.07, 6.45) is 9.42. The Bertz CT molecular complexity index is 3140. The van der Waals surface area contributed by atoms with Crippen molar-refractivity contribution in [3.8, 4) is 22.3 Å². The van der Waals surface area contributed by atoms with Crippen LogP contribution in [0.4, 0.5) is 33.4 Å². The van der Waals surface area contributed by atoms with E-state index in [9.17, 15) is 0 Å². The molecule has 0 bridgehead atoms. The Morgan fingerprint density at radius 2 is 0.932 bits per heavy atom. The molecule has 2 aliphatic heterocycles. The minimum absolute atomic E-state index is 0.103. The molecule has 0 atom stereocenters. The number of hydrogen-bond acceptors (Lipinski definition) is 4. The lowest BCUT2D eigenvalue weighted by molar-refractivity contribution is 0.686. The van der Waals surface area contributed by atoms with E-state index < -0.39 is 0 Å². The second-order valence-corrected chi connectivity index (χ2v) is 18.9. The SMILES string of the molecule is c1ccc(-c2ccc3c(c2N2c4cccc5c4B(c4sc6ccccc6c4N5c4c(-c5ccccc5)ccc5c4CCCC5)c4c2sc2ccccc42)CCCC3)cc1. The first kappa shape index (κ1) is 34.0. The highest BCUT2D eigenvalue weighted by molar-refractivity contribution is 7.35. The standard InChI is InChI=1S/C54H41BN2S2/c1-3-16-34(17-4-1)40-32-30-36-20-7-9-22-38(36)50(40)56-44-26-15-27-45-49(44)55(53-52(56)43-25-12-14-29-47(43)58-53)48-42-24-11-13-28-46(42)59-54(48)57(45)51-39-23-10-8-21-37(39)31-33-41(51)35-18-5-2-6-19-35/h1-6,11-19,24-33H,7-10,20-23H2. The van der Waals surface area contributed by atoms with Crippen LogP contribution in [0.3, 0.4) is 0 Å². The molecule has 4 aliphatic rings. The van der Waals surface area contributed by atoms with Crippen LogP contribution in [-0.4, -0.2) is 6.71 Å². The number of thiophene rings is 2. The summed E-state index contributed by atoms with van der Waals surface area (Å²) < 4.78 is 4.17. The Labute approximate surface area is 354 Å². The fourth-order valence-electron chi connectivity index (χ4n) is 11.1. The van der Waals surface area contributed by atoms with Gasteiger partial charge in [-0.25, -0.2) is 0 Å². The summed E-state index contributed by atoms with van der Waals surface area (Å²) in [5, 5.41) is 4.10. The van der Waals surface area contributed by atoms with Gasteiger partial charge in [0.15, 0.2) is 0 Å². The Hall–Kier alpha value is -5.88. The van der Waals surface area contributed by atoms with Gasteiger partial charge in [0.25, 0.3) is 6.71 Å². The largest absolute Gasteiger partial charge is 0.309 e. The van der Waals surface area contributed by atoms with Crippen molar-refractivity contribution in [2.75, 3.05) is 9.80 Å². The van der Waals surface area contributed by atoms with Crippen molar-refractivity contribution in [2.24, 2.45) is 0 Å². The molecular formula is C54H41BN2S2. The van der Waals surface area contributed by atoms with Gasteiger partial charge in [0.05, 0.1) is 22.1 Å². The second kappa shape index (κ2) is 13.3. The van der Waals surface area contributed by atoms with Gasteiger partial charge in [-0.2, -0.15) is 0 Å². The molecule has 59 heavy (non-hydrogen) atoms. The third-order valence-corrected chi connectivity index (χ3v) is 16.0. The van der Waals surface area contributed by atoms with E-state index >= 15 is 0 Å². The number of hydrogen-bond donors (Lipinski definition) is 0. The topological polar surface area (TPSA) is 6.48 Å². The molecule has 5 heteroatoms. The molecule has 13 rings (SSSR count). The molecule has 2 aliphatic carbocycles. The lowest BCUT2D eigenvalue weighted by Gasteiger charge is -2.44. The van der Waals surface area contributed by atoms with Gasteiger partial charge in [0.2, 0.25) is 0 Å². The zero-order valence-electron chi connectivity index (χ0n) is 32.9. The van der Waals surface area contributed by atoms with Gasteiger partial charge < -0.3 is 9.80 Å². The smallest absolute Gasteiger partial charge is 0.266 e. The molecule has 0 fully saturated rings. The van der Waals surface area contributed by atoms with Crippen molar-refractivity contribution in [1.29, 1.82) is 0 Å². The normalized spacial score (nSPS) is 15.2. The third kappa shape index (κ3) is 4.98. The molecule has 4 heterocycles. The van der Waals surface area contributed by atoms with Crippen LogP contribution >= 0.6 is 22.7 Å². The molecule has 282 valence electrons. The number of rotatable bonds is 4. The molecule has 0 spiro atoms. The molecule has 0 saturated carbocycles. The van der Waals surface area contributed by atoms with Crippen LogP contribution < -0.4 is 25.5 Å². The van der Waals surface area contributed by atoms with Crippen molar-refractivity contribution in [2.45, 2.75) is 51.4 Å². The van der Waals surface area contributed by atoms with Crippen molar-refractivity contribution in [3.05, 3.63) is 174 Å². The van der Waals surface area contributed by atoms with E-state index in [-0.39, 0.29) is 6.71 Å². The van der Waals surface area contributed by atoms with Crippen LogP contribution in [-0.2, 0) is 25.7 Å². The Morgan fingerprint density at radius 3 is 1.58 bits per heavy atom. The second-order valence-electron chi connectivity index (χ2n) is 16.8. The molecule has 0 amide bonds. The molecule has 7 aromatic carbocycles. The summed E-state index contributed by atoms with van der Waals surface area (Å²) >= 11 is 4.00. The number of aryl methyl sites for hydroxylation is 2. The van der Waals surface area contributed by atoms with Gasteiger partial charge in [-0.15, -0.1) is 22.7 Å². The fourth-order valence-corrected chi connectivity index (χ4v) is 13.7. The Morgan fingerprint density at radius 1 is 0.407 bits per heavy atom. The van der Waals surface area contributed by atoms with Crippen molar-refractivity contribution >= 4 is 98.7 Å². The molecule has 2 nitrogen and oxygen atoms in total. The van der Waals surface area contributed by atoms with Gasteiger partial charge in [-0.3, -0.25) is 0 Å². The van der Waals surface area contributed by atoms with Crippen LogP contribution in [0.25, 0.3) is 42.4 Å². The summed E-state index contributed by atoms with van der Waals surface area (Å²) in [6.45, 7) is 0.103. The van der Waals surface area contributed by atoms with Gasteiger partial charge in [-0.1, -0.05) is 127 Å². The summed E-state index contributed by atoms with van der Waals surface area (Å²) in [5.41, 5.74) is 20.9. The quantitative estimate of drug-likeness (QED) is 0.164.